The second kappa shape index (κ2) is 16.6. The van der Waals surface area contributed by atoms with Gasteiger partial charge in [0.05, 0.1) is 0 Å². The van der Waals surface area contributed by atoms with E-state index in [0.29, 0.717) is 12.3 Å². The summed E-state index contributed by atoms with van der Waals surface area (Å²) in [6.07, 6.45) is 24.7. The van der Waals surface area contributed by atoms with Crippen LogP contribution in [0.3, 0.4) is 0 Å². The maximum absolute atomic E-state index is 12.0. The summed E-state index contributed by atoms with van der Waals surface area (Å²) in [5.41, 5.74) is 0. The average Bonchev–Trinajstić information content (AvgIpc) is 2.66. The van der Waals surface area contributed by atoms with Crippen molar-refractivity contribution < 1.29 is 9.53 Å². The van der Waals surface area contributed by atoms with Crippen LogP contribution >= 0.6 is 0 Å². The molecule has 0 bridgehead atoms. The molecule has 0 aromatic carbocycles. The number of carbonyl (C=O) groups is 1. The normalized spacial score (nSPS) is 16.5. The number of unbranched alkanes of at least 4 members (excludes halogenated alkanes) is 12. The third-order valence-electron chi connectivity index (χ3n) is 6.12. The number of hydrogen-bond acceptors (Lipinski definition) is 2. The van der Waals surface area contributed by atoms with Crippen molar-refractivity contribution >= 4 is 5.97 Å². The number of carbonyl (C=O) groups excluding carboxylic acids is 1. The third kappa shape index (κ3) is 12.8. The molecule has 0 heterocycles. The molecule has 26 heavy (non-hydrogen) atoms. The molecule has 0 amide bonds. The first kappa shape index (κ1) is 23.5. The fourth-order valence-electron chi connectivity index (χ4n) is 4.25. The summed E-state index contributed by atoms with van der Waals surface area (Å²) in [5.74, 6) is 0.644. The second-order valence-electron chi connectivity index (χ2n) is 8.59. The van der Waals surface area contributed by atoms with E-state index in [2.05, 4.69) is 13.8 Å². The quantitative estimate of drug-likeness (QED) is 0.204. The molecule has 1 aliphatic rings. The first-order chi connectivity index (χ1) is 12.7. The largest absolute Gasteiger partial charge is 0.462 e. The highest BCUT2D eigenvalue weighted by molar-refractivity contribution is 5.69. The zero-order valence-corrected chi connectivity index (χ0v) is 17.9. The maximum Gasteiger partial charge on any atom is 0.306 e. The SMILES string of the molecule is CCCCCCCCCCCCCCCC(=O)OC(C)C1CCCCC1. The molecule has 1 rings (SSSR count). The molecule has 0 aliphatic heterocycles. The van der Waals surface area contributed by atoms with Crippen molar-refractivity contribution in [2.45, 2.75) is 142 Å². The number of rotatable bonds is 16. The van der Waals surface area contributed by atoms with Gasteiger partial charge in [-0.3, -0.25) is 4.79 Å². The van der Waals surface area contributed by atoms with Crippen molar-refractivity contribution in [1.29, 1.82) is 0 Å². The highest BCUT2D eigenvalue weighted by Crippen LogP contribution is 2.28. The van der Waals surface area contributed by atoms with Crippen molar-refractivity contribution in [3.63, 3.8) is 0 Å². The van der Waals surface area contributed by atoms with E-state index >= 15 is 0 Å². The topological polar surface area (TPSA) is 26.3 Å². The Morgan fingerprint density at radius 3 is 1.73 bits per heavy atom. The smallest absolute Gasteiger partial charge is 0.306 e. The molecule has 1 fully saturated rings. The number of esters is 1. The molecule has 2 nitrogen and oxygen atoms in total. The van der Waals surface area contributed by atoms with Crippen molar-refractivity contribution in [2.75, 3.05) is 0 Å². The summed E-state index contributed by atoms with van der Waals surface area (Å²) in [6, 6.07) is 0. The number of hydrogen-bond donors (Lipinski definition) is 0. The van der Waals surface area contributed by atoms with E-state index in [-0.39, 0.29) is 12.1 Å². The molecule has 1 atom stereocenters. The molecule has 154 valence electrons. The van der Waals surface area contributed by atoms with E-state index in [1.165, 1.54) is 109 Å². The van der Waals surface area contributed by atoms with E-state index in [1.54, 1.807) is 0 Å². The molecule has 0 aromatic heterocycles. The van der Waals surface area contributed by atoms with Gasteiger partial charge in [0.15, 0.2) is 0 Å². The van der Waals surface area contributed by atoms with E-state index in [1.807, 2.05) is 0 Å². The average molecular weight is 367 g/mol. The highest BCUT2D eigenvalue weighted by Gasteiger charge is 2.22. The van der Waals surface area contributed by atoms with Gasteiger partial charge in [-0.1, -0.05) is 103 Å². The minimum atomic E-state index is 0.0335. The Morgan fingerprint density at radius 1 is 0.769 bits per heavy atom. The first-order valence-corrected chi connectivity index (χ1v) is 11.9. The standard InChI is InChI=1S/C24H46O2/c1-3-4-5-6-7-8-9-10-11-12-13-14-18-21-24(25)26-22(2)23-19-16-15-17-20-23/h22-23H,3-21H2,1-2H3. The van der Waals surface area contributed by atoms with Gasteiger partial charge in [-0.25, -0.2) is 0 Å². The highest BCUT2D eigenvalue weighted by atomic mass is 16.5. The molecule has 0 N–H and O–H groups in total. The Bertz CT molecular complexity index is 320. The van der Waals surface area contributed by atoms with Crippen LogP contribution in [-0.4, -0.2) is 12.1 Å². The van der Waals surface area contributed by atoms with Crippen LogP contribution in [0.15, 0.2) is 0 Å². The van der Waals surface area contributed by atoms with Crippen molar-refractivity contribution in [3.8, 4) is 0 Å². The Hall–Kier alpha value is -0.530. The third-order valence-corrected chi connectivity index (χ3v) is 6.12. The lowest BCUT2D eigenvalue weighted by Gasteiger charge is -2.27. The Kier molecular flexibility index (Phi) is 15.0. The van der Waals surface area contributed by atoms with Crippen LogP contribution < -0.4 is 0 Å². The van der Waals surface area contributed by atoms with Crippen LogP contribution in [0.5, 0.6) is 0 Å². The molecule has 1 aliphatic carbocycles. The van der Waals surface area contributed by atoms with Gasteiger partial charge in [-0.15, -0.1) is 0 Å². The maximum atomic E-state index is 12.0. The first-order valence-electron chi connectivity index (χ1n) is 11.9. The summed E-state index contributed by atoms with van der Waals surface area (Å²) in [5, 5.41) is 0. The molecule has 1 saturated carbocycles. The molecule has 0 saturated heterocycles. The minimum absolute atomic E-state index is 0.0335. The molecule has 0 aromatic rings. The molecular weight excluding hydrogens is 320 g/mol. The molecule has 0 radical (unpaired) electrons. The predicted molar refractivity (Wildman–Crippen MR) is 112 cm³/mol. The molecule has 1 unspecified atom stereocenters. The van der Waals surface area contributed by atoms with Gasteiger partial charge in [0.1, 0.15) is 6.10 Å². The lowest BCUT2D eigenvalue weighted by molar-refractivity contribution is -0.151. The number of ether oxygens (including phenoxy) is 1. The van der Waals surface area contributed by atoms with Crippen LogP contribution in [0.4, 0.5) is 0 Å². The summed E-state index contributed by atoms with van der Waals surface area (Å²) in [4.78, 5) is 12.0. The van der Waals surface area contributed by atoms with Gasteiger partial charge >= 0.3 is 5.97 Å². The fraction of sp³-hybridized carbons (Fsp3) is 0.958. The molecule has 2 heteroatoms. The molecule has 0 spiro atoms. The summed E-state index contributed by atoms with van der Waals surface area (Å²) >= 11 is 0. The van der Waals surface area contributed by atoms with Crippen molar-refractivity contribution in [2.24, 2.45) is 5.92 Å². The van der Waals surface area contributed by atoms with Crippen LogP contribution in [0.25, 0.3) is 0 Å². The van der Waals surface area contributed by atoms with Gasteiger partial charge in [-0.05, 0) is 32.1 Å². The van der Waals surface area contributed by atoms with Gasteiger partial charge in [0.2, 0.25) is 0 Å². The van der Waals surface area contributed by atoms with Gasteiger partial charge < -0.3 is 4.74 Å². The van der Waals surface area contributed by atoms with Crippen LogP contribution in [-0.2, 0) is 9.53 Å². The van der Waals surface area contributed by atoms with Gasteiger partial charge in [-0.2, -0.15) is 0 Å². The Balaban J connectivity index is 1.82. The van der Waals surface area contributed by atoms with E-state index < -0.39 is 0 Å². The predicted octanol–water partition coefficient (Wildman–Crippen LogP) is 7.98. The summed E-state index contributed by atoms with van der Waals surface area (Å²) in [6.45, 7) is 4.37. The van der Waals surface area contributed by atoms with E-state index in [0.717, 1.165) is 6.42 Å². The zero-order valence-electron chi connectivity index (χ0n) is 17.9. The monoisotopic (exact) mass is 366 g/mol. The minimum Gasteiger partial charge on any atom is -0.462 e. The zero-order chi connectivity index (χ0) is 18.9. The van der Waals surface area contributed by atoms with Crippen LogP contribution in [0, 0.1) is 5.92 Å². The summed E-state index contributed by atoms with van der Waals surface area (Å²) < 4.78 is 5.66. The van der Waals surface area contributed by atoms with Crippen molar-refractivity contribution in [3.05, 3.63) is 0 Å². The van der Waals surface area contributed by atoms with Crippen molar-refractivity contribution in [1.82, 2.24) is 0 Å². The van der Waals surface area contributed by atoms with Crippen LogP contribution in [0.2, 0.25) is 0 Å². The fourth-order valence-corrected chi connectivity index (χ4v) is 4.25. The lowest BCUT2D eigenvalue weighted by atomic mass is 9.86. The van der Waals surface area contributed by atoms with Gasteiger partial charge in [0, 0.05) is 6.42 Å². The molecular formula is C24H46O2. The second-order valence-corrected chi connectivity index (χ2v) is 8.59. The summed E-state index contributed by atoms with van der Waals surface area (Å²) in [7, 11) is 0. The Morgan fingerprint density at radius 2 is 1.23 bits per heavy atom. The van der Waals surface area contributed by atoms with Crippen LogP contribution in [0.1, 0.15) is 136 Å². The Labute approximate surface area is 163 Å². The van der Waals surface area contributed by atoms with Gasteiger partial charge in [0.25, 0.3) is 0 Å². The van der Waals surface area contributed by atoms with E-state index in [9.17, 15) is 4.79 Å². The lowest BCUT2D eigenvalue weighted by Crippen LogP contribution is -2.25. The van der Waals surface area contributed by atoms with E-state index in [4.69, 9.17) is 4.74 Å².